The Hall–Kier alpha value is -3.35. The number of carbonyl (C=O) groups is 3. The molecule has 0 atom stereocenters. The minimum Gasteiger partial charge on any atom is -0.351 e. The highest BCUT2D eigenvalue weighted by molar-refractivity contribution is 6.05. The summed E-state index contributed by atoms with van der Waals surface area (Å²) in [6.07, 6.45) is 5.20. The number of nitrogens with two attached hydrogens (primary N) is 1. The van der Waals surface area contributed by atoms with Crippen LogP contribution in [0.2, 0.25) is 0 Å². The van der Waals surface area contributed by atoms with E-state index in [-0.39, 0.29) is 17.7 Å². The Kier molecular flexibility index (Phi) is 6.26. The van der Waals surface area contributed by atoms with Crippen molar-refractivity contribution in [2.75, 3.05) is 16.0 Å². The lowest BCUT2D eigenvalue weighted by Gasteiger charge is -2.20. The average molecular weight is 380 g/mol. The van der Waals surface area contributed by atoms with Crippen LogP contribution in [0.25, 0.3) is 0 Å². The van der Waals surface area contributed by atoms with Crippen molar-refractivity contribution >= 4 is 34.9 Å². The molecular weight excluding hydrogens is 356 g/mol. The van der Waals surface area contributed by atoms with E-state index in [9.17, 15) is 14.4 Å². The van der Waals surface area contributed by atoms with Crippen molar-refractivity contribution in [1.82, 2.24) is 0 Å². The lowest BCUT2D eigenvalue weighted by atomic mass is 9.88. The summed E-state index contributed by atoms with van der Waals surface area (Å²) in [7, 11) is 0. The van der Waals surface area contributed by atoms with Crippen LogP contribution in [-0.4, -0.2) is 17.8 Å². The predicted octanol–water partition coefficient (Wildman–Crippen LogP) is 3.95. The Bertz CT molecular complexity index is 875. The molecule has 0 bridgehead atoms. The maximum atomic E-state index is 12.6. The molecule has 0 unspecified atom stereocenters. The molecule has 1 aliphatic carbocycles. The van der Waals surface area contributed by atoms with Crippen LogP contribution in [0.3, 0.4) is 0 Å². The molecule has 0 spiro atoms. The number of amides is 4. The van der Waals surface area contributed by atoms with Crippen LogP contribution in [0.15, 0.2) is 48.5 Å². The van der Waals surface area contributed by atoms with Crippen molar-refractivity contribution in [2.45, 2.75) is 32.1 Å². The zero-order chi connectivity index (χ0) is 19.9. The van der Waals surface area contributed by atoms with Gasteiger partial charge in [-0.3, -0.25) is 9.59 Å². The Labute approximate surface area is 163 Å². The summed E-state index contributed by atoms with van der Waals surface area (Å²) in [4.78, 5) is 35.9. The molecule has 0 heterocycles. The molecule has 3 rings (SSSR count). The van der Waals surface area contributed by atoms with Gasteiger partial charge in [-0.25, -0.2) is 4.79 Å². The summed E-state index contributed by atoms with van der Waals surface area (Å²) in [5, 5.41) is 8.15. The molecule has 1 aliphatic rings. The first-order valence-electron chi connectivity index (χ1n) is 9.40. The second-order valence-electron chi connectivity index (χ2n) is 6.93. The van der Waals surface area contributed by atoms with Crippen molar-refractivity contribution in [3.05, 3.63) is 54.1 Å². The standard InChI is InChI=1S/C21H24N4O3/c22-21(28)25-18-11-5-10-17(13-18)24-20(27)15-8-4-9-16(12-15)23-19(26)14-6-2-1-3-7-14/h4-5,8-14H,1-3,6-7H2,(H,23,26)(H,24,27)(H3,22,25,28). The quantitative estimate of drug-likeness (QED) is 0.630. The van der Waals surface area contributed by atoms with Crippen LogP contribution in [0.4, 0.5) is 21.9 Å². The molecule has 1 fully saturated rings. The van der Waals surface area contributed by atoms with Crippen molar-refractivity contribution in [3.63, 3.8) is 0 Å². The molecule has 28 heavy (non-hydrogen) atoms. The monoisotopic (exact) mass is 380 g/mol. The second-order valence-corrected chi connectivity index (χ2v) is 6.93. The topological polar surface area (TPSA) is 113 Å². The SMILES string of the molecule is NC(=O)Nc1cccc(NC(=O)c2cccc(NC(=O)C3CCCCC3)c2)c1. The zero-order valence-electron chi connectivity index (χ0n) is 15.5. The van der Waals surface area contributed by atoms with Crippen LogP contribution in [0.5, 0.6) is 0 Å². The summed E-state index contributed by atoms with van der Waals surface area (Å²) in [6.45, 7) is 0. The van der Waals surface area contributed by atoms with Gasteiger partial charge in [0.2, 0.25) is 5.91 Å². The summed E-state index contributed by atoms with van der Waals surface area (Å²) in [5.41, 5.74) is 7.14. The van der Waals surface area contributed by atoms with E-state index in [4.69, 9.17) is 5.73 Å². The smallest absolute Gasteiger partial charge is 0.316 e. The minimum atomic E-state index is -0.676. The first kappa shape index (κ1) is 19.4. The molecule has 0 aliphatic heterocycles. The van der Waals surface area contributed by atoms with Gasteiger partial charge in [-0.2, -0.15) is 0 Å². The number of urea groups is 1. The number of rotatable bonds is 5. The van der Waals surface area contributed by atoms with Gasteiger partial charge < -0.3 is 21.7 Å². The molecule has 4 amide bonds. The summed E-state index contributed by atoms with van der Waals surface area (Å²) in [5.74, 6) is -0.251. The normalized spacial score (nSPS) is 14.1. The van der Waals surface area contributed by atoms with E-state index in [1.807, 2.05) is 0 Å². The van der Waals surface area contributed by atoms with Gasteiger partial charge in [-0.15, -0.1) is 0 Å². The summed E-state index contributed by atoms with van der Waals surface area (Å²) < 4.78 is 0. The number of hydrogen-bond donors (Lipinski definition) is 4. The van der Waals surface area contributed by atoms with Crippen LogP contribution < -0.4 is 21.7 Å². The number of primary amides is 1. The fraction of sp³-hybridized carbons (Fsp3) is 0.286. The lowest BCUT2D eigenvalue weighted by Crippen LogP contribution is -2.24. The van der Waals surface area contributed by atoms with E-state index < -0.39 is 6.03 Å². The van der Waals surface area contributed by atoms with Crippen molar-refractivity contribution in [3.8, 4) is 0 Å². The molecule has 2 aromatic carbocycles. The molecular formula is C21H24N4O3. The van der Waals surface area contributed by atoms with Crippen LogP contribution in [-0.2, 0) is 4.79 Å². The summed E-state index contributed by atoms with van der Waals surface area (Å²) in [6, 6.07) is 12.8. The van der Waals surface area contributed by atoms with Gasteiger partial charge in [-0.05, 0) is 49.2 Å². The van der Waals surface area contributed by atoms with Gasteiger partial charge >= 0.3 is 6.03 Å². The third-order valence-corrected chi connectivity index (χ3v) is 4.76. The molecule has 7 nitrogen and oxygen atoms in total. The van der Waals surface area contributed by atoms with E-state index in [1.54, 1.807) is 48.5 Å². The van der Waals surface area contributed by atoms with E-state index in [0.717, 1.165) is 25.7 Å². The Morgan fingerprint density at radius 1 is 0.786 bits per heavy atom. The molecule has 7 heteroatoms. The van der Waals surface area contributed by atoms with Gasteiger partial charge in [-0.1, -0.05) is 31.4 Å². The third kappa shape index (κ3) is 5.33. The van der Waals surface area contributed by atoms with E-state index >= 15 is 0 Å². The van der Waals surface area contributed by atoms with Crippen LogP contribution in [0, 0.1) is 5.92 Å². The highest BCUT2D eigenvalue weighted by Crippen LogP contribution is 2.25. The average Bonchev–Trinajstić information content (AvgIpc) is 2.68. The van der Waals surface area contributed by atoms with Crippen molar-refractivity contribution in [2.24, 2.45) is 11.7 Å². The predicted molar refractivity (Wildman–Crippen MR) is 109 cm³/mol. The zero-order valence-corrected chi connectivity index (χ0v) is 15.5. The third-order valence-electron chi connectivity index (χ3n) is 4.76. The van der Waals surface area contributed by atoms with Gasteiger partial charge in [0.1, 0.15) is 0 Å². The van der Waals surface area contributed by atoms with Crippen LogP contribution >= 0.6 is 0 Å². The molecule has 146 valence electrons. The highest BCUT2D eigenvalue weighted by atomic mass is 16.2. The molecule has 1 saturated carbocycles. The fourth-order valence-electron chi connectivity index (χ4n) is 3.37. The highest BCUT2D eigenvalue weighted by Gasteiger charge is 2.21. The fourth-order valence-corrected chi connectivity index (χ4v) is 3.37. The van der Waals surface area contributed by atoms with Gasteiger partial charge in [0, 0.05) is 28.5 Å². The van der Waals surface area contributed by atoms with E-state index in [0.29, 0.717) is 22.6 Å². The number of hydrogen-bond acceptors (Lipinski definition) is 3. The van der Waals surface area contributed by atoms with E-state index in [1.165, 1.54) is 6.42 Å². The maximum Gasteiger partial charge on any atom is 0.316 e. The van der Waals surface area contributed by atoms with Gasteiger partial charge in [0.15, 0.2) is 0 Å². The number of anilines is 3. The molecule has 2 aromatic rings. The summed E-state index contributed by atoms with van der Waals surface area (Å²) >= 11 is 0. The Balaban J connectivity index is 1.65. The second kappa shape index (κ2) is 9.03. The molecule has 0 saturated heterocycles. The number of benzene rings is 2. The molecule has 0 radical (unpaired) electrons. The Morgan fingerprint density at radius 3 is 2.07 bits per heavy atom. The van der Waals surface area contributed by atoms with Gasteiger partial charge in [0.05, 0.1) is 0 Å². The van der Waals surface area contributed by atoms with Crippen LogP contribution in [0.1, 0.15) is 42.5 Å². The van der Waals surface area contributed by atoms with E-state index in [2.05, 4.69) is 16.0 Å². The molecule has 0 aromatic heterocycles. The number of nitrogens with one attached hydrogen (secondary N) is 3. The lowest BCUT2D eigenvalue weighted by molar-refractivity contribution is -0.120. The number of carbonyl (C=O) groups excluding carboxylic acids is 3. The molecule has 5 N–H and O–H groups in total. The first-order chi connectivity index (χ1) is 13.5. The largest absolute Gasteiger partial charge is 0.351 e. The maximum absolute atomic E-state index is 12.6. The van der Waals surface area contributed by atoms with Crippen molar-refractivity contribution < 1.29 is 14.4 Å². The Morgan fingerprint density at radius 2 is 1.39 bits per heavy atom. The first-order valence-corrected chi connectivity index (χ1v) is 9.40. The van der Waals surface area contributed by atoms with Crippen molar-refractivity contribution in [1.29, 1.82) is 0 Å². The minimum absolute atomic E-state index is 0.0162. The van der Waals surface area contributed by atoms with Gasteiger partial charge in [0.25, 0.3) is 5.91 Å².